The predicted octanol–water partition coefficient (Wildman–Crippen LogP) is 3.39. The fourth-order valence-corrected chi connectivity index (χ4v) is 2.31. The van der Waals surface area contributed by atoms with E-state index in [1.54, 1.807) is 6.07 Å². The summed E-state index contributed by atoms with van der Waals surface area (Å²) < 4.78 is 36.1. The van der Waals surface area contributed by atoms with Crippen LogP contribution in [0.3, 0.4) is 0 Å². The summed E-state index contributed by atoms with van der Waals surface area (Å²) in [6.07, 6.45) is 1.23. The number of esters is 1. The van der Waals surface area contributed by atoms with Gasteiger partial charge in [0.2, 0.25) is 0 Å². The van der Waals surface area contributed by atoms with E-state index in [9.17, 15) is 23.5 Å². The number of aromatic hydroxyl groups is 1. The molecular formula is C18H12F2O5. The van der Waals surface area contributed by atoms with Gasteiger partial charge < -0.3 is 14.3 Å². The Morgan fingerprint density at radius 3 is 2.64 bits per heavy atom. The minimum absolute atomic E-state index is 0.0353. The van der Waals surface area contributed by atoms with Crippen molar-refractivity contribution in [1.29, 1.82) is 0 Å². The summed E-state index contributed by atoms with van der Waals surface area (Å²) in [5.41, 5.74) is 0.872. The molecule has 7 heteroatoms. The van der Waals surface area contributed by atoms with E-state index in [0.717, 1.165) is 18.2 Å². The minimum atomic E-state index is -1.15. The highest BCUT2D eigenvalue weighted by Gasteiger charge is 2.15. The Balaban J connectivity index is 1.62. The molecule has 0 atom stereocenters. The van der Waals surface area contributed by atoms with Gasteiger partial charge >= 0.3 is 5.97 Å². The quantitative estimate of drug-likeness (QED) is 0.566. The summed E-state index contributed by atoms with van der Waals surface area (Å²) in [4.78, 5) is 23.7. The molecule has 0 aliphatic rings. The van der Waals surface area contributed by atoms with Crippen LogP contribution >= 0.6 is 0 Å². The van der Waals surface area contributed by atoms with Gasteiger partial charge in [0.05, 0.1) is 12.7 Å². The van der Waals surface area contributed by atoms with Crippen molar-refractivity contribution in [3.63, 3.8) is 0 Å². The fourth-order valence-electron chi connectivity index (χ4n) is 2.31. The molecule has 1 heterocycles. The van der Waals surface area contributed by atoms with E-state index in [1.165, 1.54) is 18.4 Å². The summed E-state index contributed by atoms with van der Waals surface area (Å²) in [6.45, 7) is -0.583. The Morgan fingerprint density at radius 2 is 1.88 bits per heavy atom. The lowest BCUT2D eigenvalue weighted by Gasteiger charge is -2.04. The summed E-state index contributed by atoms with van der Waals surface area (Å²) in [6, 6.07) is 7.17. The highest BCUT2D eigenvalue weighted by Crippen LogP contribution is 2.25. The highest BCUT2D eigenvalue weighted by molar-refractivity contribution is 5.98. The number of carbonyl (C=O) groups excluding carboxylic acids is 2. The molecule has 25 heavy (non-hydrogen) atoms. The van der Waals surface area contributed by atoms with Gasteiger partial charge in [-0.25, -0.2) is 8.78 Å². The third-order valence-corrected chi connectivity index (χ3v) is 3.58. The SMILES string of the molecule is O=C(Cc1coc2cc(O)ccc12)OCC(=O)c1ccc(F)c(F)c1. The Hall–Kier alpha value is -3.22. The van der Waals surface area contributed by atoms with Gasteiger partial charge in [-0.1, -0.05) is 0 Å². The molecule has 0 spiro atoms. The third-order valence-electron chi connectivity index (χ3n) is 3.58. The lowest BCUT2D eigenvalue weighted by Crippen LogP contribution is -2.15. The molecule has 3 aromatic rings. The molecule has 0 amide bonds. The van der Waals surface area contributed by atoms with Crippen LogP contribution in [0.15, 0.2) is 47.1 Å². The summed E-state index contributed by atoms with van der Waals surface area (Å²) in [7, 11) is 0. The van der Waals surface area contributed by atoms with Gasteiger partial charge in [0, 0.05) is 22.6 Å². The number of rotatable bonds is 5. The largest absolute Gasteiger partial charge is 0.508 e. The first-order valence-corrected chi connectivity index (χ1v) is 7.27. The number of halogens is 2. The van der Waals surface area contributed by atoms with Crippen LogP contribution in [0.5, 0.6) is 5.75 Å². The standard InChI is InChI=1S/C18H12F2O5/c19-14-4-1-10(5-15(14)20)16(22)9-25-18(23)6-11-8-24-17-7-12(21)2-3-13(11)17/h1-5,7-8,21H,6,9H2. The van der Waals surface area contributed by atoms with Gasteiger partial charge in [0.25, 0.3) is 0 Å². The Labute approximate surface area is 140 Å². The first kappa shape index (κ1) is 16.6. The van der Waals surface area contributed by atoms with Crippen molar-refractivity contribution in [2.45, 2.75) is 6.42 Å². The zero-order valence-corrected chi connectivity index (χ0v) is 12.8. The second-order valence-electron chi connectivity index (χ2n) is 5.33. The second kappa shape index (κ2) is 6.72. The first-order chi connectivity index (χ1) is 11.9. The number of benzene rings is 2. The molecule has 0 radical (unpaired) electrons. The number of Topliss-reactive ketones (excluding diaryl/α,β-unsaturated/α-hetero) is 1. The lowest BCUT2D eigenvalue weighted by molar-refractivity contribution is -0.141. The zero-order valence-electron chi connectivity index (χ0n) is 12.8. The van der Waals surface area contributed by atoms with Crippen molar-refractivity contribution >= 4 is 22.7 Å². The number of hydrogen-bond donors (Lipinski definition) is 1. The summed E-state index contributed by atoms with van der Waals surface area (Å²) in [5, 5.41) is 10.0. The molecule has 0 unspecified atom stereocenters. The molecule has 0 bridgehead atoms. The molecule has 0 aliphatic carbocycles. The summed E-state index contributed by atoms with van der Waals surface area (Å²) in [5.74, 6) is -3.49. The molecule has 0 saturated heterocycles. The van der Waals surface area contributed by atoms with Crippen molar-refractivity contribution in [2.24, 2.45) is 0 Å². The summed E-state index contributed by atoms with van der Waals surface area (Å²) >= 11 is 0. The maximum Gasteiger partial charge on any atom is 0.310 e. The molecule has 5 nitrogen and oxygen atoms in total. The highest BCUT2D eigenvalue weighted by atomic mass is 19.2. The number of hydrogen-bond acceptors (Lipinski definition) is 5. The van der Waals surface area contributed by atoms with Gasteiger partial charge in [0.1, 0.15) is 11.3 Å². The molecule has 128 valence electrons. The Morgan fingerprint density at radius 1 is 1.08 bits per heavy atom. The molecule has 0 saturated carbocycles. The third kappa shape index (κ3) is 3.65. The van der Waals surface area contributed by atoms with Gasteiger partial charge in [-0.3, -0.25) is 9.59 Å². The first-order valence-electron chi connectivity index (χ1n) is 7.27. The second-order valence-corrected chi connectivity index (χ2v) is 5.33. The van der Waals surface area contributed by atoms with Crippen LogP contribution in [-0.4, -0.2) is 23.5 Å². The van der Waals surface area contributed by atoms with Gasteiger partial charge in [-0.05, 0) is 30.3 Å². The van der Waals surface area contributed by atoms with Crippen molar-refractivity contribution in [1.82, 2.24) is 0 Å². The maximum absolute atomic E-state index is 13.1. The van der Waals surface area contributed by atoms with E-state index >= 15 is 0 Å². The van der Waals surface area contributed by atoms with Gasteiger partial charge in [-0.15, -0.1) is 0 Å². The number of ketones is 1. The zero-order chi connectivity index (χ0) is 18.0. The number of furan rings is 1. The van der Waals surface area contributed by atoms with Crippen molar-refractivity contribution in [3.8, 4) is 5.75 Å². The van der Waals surface area contributed by atoms with Crippen LogP contribution in [0.1, 0.15) is 15.9 Å². The van der Waals surface area contributed by atoms with E-state index in [1.807, 2.05) is 0 Å². The lowest BCUT2D eigenvalue weighted by atomic mass is 10.1. The van der Waals surface area contributed by atoms with E-state index in [2.05, 4.69) is 0 Å². The molecule has 3 rings (SSSR count). The Bertz CT molecular complexity index is 961. The normalized spacial score (nSPS) is 10.8. The van der Waals surface area contributed by atoms with Crippen molar-refractivity contribution in [3.05, 3.63) is 65.4 Å². The maximum atomic E-state index is 13.1. The predicted molar refractivity (Wildman–Crippen MR) is 83.2 cm³/mol. The number of phenolic OH excluding ortho intramolecular Hbond substituents is 1. The number of fused-ring (bicyclic) bond motifs is 1. The molecule has 0 fully saturated rings. The van der Waals surface area contributed by atoms with Gasteiger partial charge in [-0.2, -0.15) is 0 Å². The van der Waals surface area contributed by atoms with Gasteiger partial charge in [0.15, 0.2) is 24.0 Å². The monoisotopic (exact) mass is 346 g/mol. The number of ether oxygens (including phenoxy) is 1. The minimum Gasteiger partial charge on any atom is -0.508 e. The van der Waals surface area contributed by atoms with Crippen LogP contribution in [-0.2, 0) is 16.0 Å². The van der Waals surface area contributed by atoms with Crippen LogP contribution in [0.25, 0.3) is 11.0 Å². The molecule has 0 aliphatic heterocycles. The van der Waals surface area contributed by atoms with E-state index in [-0.39, 0.29) is 17.7 Å². The van der Waals surface area contributed by atoms with Crippen LogP contribution < -0.4 is 0 Å². The van der Waals surface area contributed by atoms with Crippen LogP contribution in [0.4, 0.5) is 8.78 Å². The molecule has 2 aromatic carbocycles. The van der Waals surface area contributed by atoms with Crippen molar-refractivity contribution < 1.29 is 32.6 Å². The van der Waals surface area contributed by atoms with Crippen molar-refractivity contribution in [2.75, 3.05) is 6.61 Å². The van der Waals surface area contributed by atoms with Crippen LogP contribution in [0.2, 0.25) is 0 Å². The fraction of sp³-hybridized carbons (Fsp3) is 0.111. The number of carbonyl (C=O) groups is 2. The molecular weight excluding hydrogens is 334 g/mol. The van der Waals surface area contributed by atoms with E-state index in [0.29, 0.717) is 16.5 Å². The topological polar surface area (TPSA) is 76.7 Å². The smallest absolute Gasteiger partial charge is 0.310 e. The average Bonchev–Trinajstić information content (AvgIpc) is 2.97. The average molecular weight is 346 g/mol. The molecule has 1 N–H and O–H groups in total. The number of phenols is 1. The molecule has 1 aromatic heterocycles. The van der Waals surface area contributed by atoms with Crippen LogP contribution in [0, 0.1) is 11.6 Å². The van der Waals surface area contributed by atoms with E-state index in [4.69, 9.17) is 9.15 Å². The Kier molecular flexibility index (Phi) is 4.47. The van der Waals surface area contributed by atoms with E-state index < -0.39 is 30.0 Å².